The Labute approximate surface area is 143 Å². The maximum atomic E-state index is 12.6. The number of Topliss-reactive ketones (excluding diaryl/α,β-unsaturated/α-hetero) is 1. The minimum Gasteiger partial charge on any atom is -0.328 e. The largest absolute Gasteiger partial charge is 0.328 e. The second kappa shape index (κ2) is 5.35. The Morgan fingerprint density at radius 3 is 2.91 bits per heavy atom. The van der Waals surface area contributed by atoms with Crippen molar-refractivity contribution in [2.75, 3.05) is 5.32 Å². The van der Waals surface area contributed by atoms with Crippen molar-refractivity contribution in [3.05, 3.63) is 50.9 Å². The van der Waals surface area contributed by atoms with Crippen LogP contribution < -0.4 is 5.32 Å². The fourth-order valence-corrected chi connectivity index (χ4v) is 3.79. The van der Waals surface area contributed by atoms with Gasteiger partial charge in [-0.15, -0.1) is 0 Å². The Morgan fingerprint density at radius 1 is 1.30 bits per heavy atom. The molecule has 1 atom stereocenters. The van der Waals surface area contributed by atoms with Crippen LogP contribution in [0.15, 0.2) is 29.5 Å². The average Bonchev–Trinajstić information content (AvgIpc) is 2.86. The monoisotopic (exact) mass is 348 g/mol. The van der Waals surface area contributed by atoms with Gasteiger partial charge in [0.05, 0.1) is 0 Å². The quantitative estimate of drug-likeness (QED) is 0.848. The van der Waals surface area contributed by atoms with Crippen LogP contribution in [0.2, 0.25) is 10.0 Å². The Hall–Kier alpha value is -1.85. The maximum absolute atomic E-state index is 12.6. The highest BCUT2D eigenvalue weighted by Gasteiger charge is 2.37. The van der Waals surface area contributed by atoms with Crippen LogP contribution in [0.25, 0.3) is 0 Å². The predicted octanol–water partition coefficient (Wildman–Crippen LogP) is 3.92. The summed E-state index contributed by atoms with van der Waals surface area (Å²) >= 11 is 12.4. The predicted molar refractivity (Wildman–Crippen MR) is 88.9 cm³/mol. The van der Waals surface area contributed by atoms with Crippen LogP contribution in [0.1, 0.15) is 36.7 Å². The first-order valence-electron chi connectivity index (χ1n) is 7.46. The lowest BCUT2D eigenvalue weighted by atomic mass is 9.85. The molecule has 118 valence electrons. The van der Waals surface area contributed by atoms with Gasteiger partial charge in [-0.05, 0) is 31.9 Å². The van der Waals surface area contributed by atoms with Crippen molar-refractivity contribution in [1.82, 2.24) is 14.8 Å². The van der Waals surface area contributed by atoms with Gasteiger partial charge in [-0.25, -0.2) is 4.68 Å². The molecular weight excluding hydrogens is 335 g/mol. The smallest absolute Gasteiger partial charge is 0.226 e. The van der Waals surface area contributed by atoms with E-state index in [-0.39, 0.29) is 11.8 Å². The molecule has 0 fully saturated rings. The first-order chi connectivity index (χ1) is 11.0. The summed E-state index contributed by atoms with van der Waals surface area (Å²) in [5, 5.41) is 8.81. The number of hydrogen-bond acceptors (Lipinski definition) is 4. The molecule has 1 unspecified atom stereocenters. The molecule has 23 heavy (non-hydrogen) atoms. The van der Waals surface area contributed by atoms with Crippen LogP contribution in [-0.4, -0.2) is 20.5 Å². The number of nitrogens with zero attached hydrogens (tertiary/aromatic N) is 3. The third kappa shape index (κ3) is 2.35. The first kappa shape index (κ1) is 14.7. The van der Waals surface area contributed by atoms with E-state index in [0.717, 1.165) is 29.7 Å². The SMILES string of the molecule is Cc1nc2n(n1)C(c1ccc(Cl)cc1Cl)C1=C(CCCC1=O)N2. The van der Waals surface area contributed by atoms with E-state index in [1.54, 1.807) is 16.8 Å². The summed E-state index contributed by atoms with van der Waals surface area (Å²) in [5.41, 5.74) is 2.47. The molecule has 7 heteroatoms. The number of nitrogens with one attached hydrogen (secondary N) is 1. The molecular formula is C16H14Cl2N4O. The van der Waals surface area contributed by atoms with Gasteiger partial charge < -0.3 is 5.32 Å². The van der Waals surface area contributed by atoms with Crippen LogP contribution >= 0.6 is 23.2 Å². The van der Waals surface area contributed by atoms with E-state index in [9.17, 15) is 4.79 Å². The molecule has 0 bridgehead atoms. The van der Waals surface area contributed by atoms with Gasteiger partial charge in [-0.1, -0.05) is 29.3 Å². The number of allylic oxidation sites excluding steroid dienone is 2. The number of ketones is 1. The van der Waals surface area contributed by atoms with Crippen molar-refractivity contribution in [2.45, 2.75) is 32.2 Å². The zero-order chi connectivity index (χ0) is 16.1. The lowest BCUT2D eigenvalue weighted by Gasteiger charge is -2.32. The average molecular weight is 349 g/mol. The molecule has 1 aliphatic heterocycles. The Morgan fingerprint density at radius 2 is 2.13 bits per heavy atom. The van der Waals surface area contributed by atoms with Gasteiger partial charge >= 0.3 is 0 Å². The van der Waals surface area contributed by atoms with Crippen LogP contribution in [0.3, 0.4) is 0 Å². The third-order valence-corrected chi connectivity index (χ3v) is 4.79. The highest BCUT2D eigenvalue weighted by molar-refractivity contribution is 6.35. The molecule has 1 aliphatic carbocycles. The molecule has 0 radical (unpaired) electrons. The Bertz CT molecular complexity index is 856. The van der Waals surface area contributed by atoms with Crippen molar-refractivity contribution in [2.24, 2.45) is 0 Å². The van der Waals surface area contributed by atoms with Crippen LogP contribution in [-0.2, 0) is 4.79 Å². The van der Waals surface area contributed by atoms with Gasteiger partial charge in [-0.2, -0.15) is 10.1 Å². The van der Waals surface area contributed by atoms with Gasteiger partial charge in [0, 0.05) is 33.3 Å². The summed E-state index contributed by atoms with van der Waals surface area (Å²) in [6, 6.07) is 4.97. The van der Waals surface area contributed by atoms with Gasteiger partial charge in [0.25, 0.3) is 0 Å². The highest BCUT2D eigenvalue weighted by atomic mass is 35.5. The van der Waals surface area contributed by atoms with Gasteiger partial charge in [-0.3, -0.25) is 4.79 Å². The molecule has 2 aromatic rings. The Kier molecular flexibility index (Phi) is 3.43. The van der Waals surface area contributed by atoms with E-state index >= 15 is 0 Å². The molecule has 5 nitrogen and oxygen atoms in total. The van der Waals surface area contributed by atoms with E-state index in [2.05, 4.69) is 15.4 Å². The molecule has 2 heterocycles. The molecule has 2 aliphatic rings. The number of benzene rings is 1. The molecule has 4 rings (SSSR count). The number of rotatable bonds is 1. The number of aryl methyl sites for hydroxylation is 1. The lowest BCUT2D eigenvalue weighted by molar-refractivity contribution is -0.116. The van der Waals surface area contributed by atoms with Crippen molar-refractivity contribution in [1.29, 1.82) is 0 Å². The number of aromatic nitrogens is 3. The maximum Gasteiger partial charge on any atom is 0.226 e. The lowest BCUT2D eigenvalue weighted by Crippen LogP contribution is -2.31. The summed E-state index contributed by atoms with van der Waals surface area (Å²) < 4.78 is 1.74. The summed E-state index contributed by atoms with van der Waals surface area (Å²) in [6.07, 6.45) is 2.22. The summed E-state index contributed by atoms with van der Waals surface area (Å²) in [4.78, 5) is 17.0. The number of carbonyl (C=O) groups excluding carboxylic acids is 1. The molecule has 1 aromatic carbocycles. The first-order valence-corrected chi connectivity index (χ1v) is 8.21. The minimum absolute atomic E-state index is 0.133. The topological polar surface area (TPSA) is 59.8 Å². The van der Waals surface area contributed by atoms with Gasteiger partial charge in [0.2, 0.25) is 5.95 Å². The summed E-state index contributed by atoms with van der Waals surface area (Å²) in [5.74, 6) is 1.43. The van der Waals surface area contributed by atoms with Crippen molar-refractivity contribution >= 4 is 34.9 Å². The number of hydrogen-bond donors (Lipinski definition) is 1. The third-order valence-electron chi connectivity index (χ3n) is 4.23. The highest BCUT2D eigenvalue weighted by Crippen LogP contribution is 2.42. The van der Waals surface area contributed by atoms with Crippen LogP contribution in [0.5, 0.6) is 0 Å². The van der Waals surface area contributed by atoms with Crippen molar-refractivity contribution in [3.8, 4) is 0 Å². The Balaban J connectivity index is 1.96. The fraction of sp³-hybridized carbons (Fsp3) is 0.312. The second-order valence-electron chi connectivity index (χ2n) is 5.79. The molecule has 1 aromatic heterocycles. The van der Waals surface area contributed by atoms with Crippen molar-refractivity contribution < 1.29 is 4.79 Å². The number of anilines is 1. The fourth-order valence-electron chi connectivity index (χ4n) is 3.27. The van der Waals surface area contributed by atoms with E-state index in [1.165, 1.54) is 0 Å². The van der Waals surface area contributed by atoms with Gasteiger partial charge in [0.1, 0.15) is 11.9 Å². The zero-order valence-corrected chi connectivity index (χ0v) is 13.9. The van der Waals surface area contributed by atoms with Gasteiger partial charge in [0.15, 0.2) is 5.78 Å². The van der Waals surface area contributed by atoms with Crippen LogP contribution in [0, 0.1) is 6.92 Å². The number of carbonyl (C=O) groups is 1. The standard InChI is InChI=1S/C16H14Cl2N4O/c1-8-19-16-20-12-3-2-4-13(23)14(12)15(22(16)21-8)10-6-5-9(17)7-11(10)18/h5-7,15H,2-4H2,1H3,(H,19,20,21). The molecule has 1 N–H and O–H groups in total. The van der Waals surface area contributed by atoms with E-state index in [1.807, 2.05) is 13.0 Å². The number of halogens is 2. The minimum atomic E-state index is -0.361. The summed E-state index contributed by atoms with van der Waals surface area (Å²) in [7, 11) is 0. The van der Waals surface area contributed by atoms with E-state index < -0.39 is 0 Å². The molecule has 0 saturated carbocycles. The molecule has 0 amide bonds. The molecule has 0 spiro atoms. The normalized spacial score (nSPS) is 20.1. The molecule has 0 saturated heterocycles. The second-order valence-corrected chi connectivity index (χ2v) is 6.63. The summed E-state index contributed by atoms with van der Waals surface area (Å²) in [6.45, 7) is 1.83. The van der Waals surface area contributed by atoms with E-state index in [0.29, 0.717) is 28.2 Å². The van der Waals surface area contributed by atoms with Crippen LogP contribution in [0.4, 0.5) is 5.95 Å². The van der Waals surface area contributed by atoms with Crippen molar-refractivity contribution in [3.63, 3.8) is 0 Å². The number of fused-ring (bicyclic) bond motifs is 1. The zero-order valence-electron chi connectivity index (χ0n) is 12.4. The van der Waals surface area contributed by atoms with E-state index in [4.69, 9.17) is 23.2 Å².